The summed E-state index contributed by atoms with van der Waals surface area (Å²) in [7, 11) is 0. The van der Waals surface area contributed by atoms with Gasteiger partial charge in [-0.3, -0.25) is 4.79 Å². The van der Waals surface area contributed by atoms with Gasteiger partial charge >= 0.3 is 0 Å². The zero-order valence-electron chi connectivity index (χ0n) is 9.41. The molecule has 15 heavy (non-hydrogen) atoms. The first-order chi connectivity index (χ1) is 7.13. The van der Waals surface area contributed by atoms with Crippen LogP contribution in [0.25, 0.3) is 0 Å². The Kier molecular flexibility index (Phi) is 5.05. The molecule has 0 aliphatic heterocycles. The Labute approximate surface area is 91.2 Å². The van der Waals surface area contributed by atoms with Crippen molar-refractivity contribution in [2.75, 3.05) is 13.1 Å². The van der Waals surface area contributed by atoms with E-state index in [2.05, 4.69) is 5.32 Å². The number of amides is 1. The summed E-state index contributed by atoms with van der Waals surface area (Å²) in [5.41, 5.74) is 5.46. The van der Waals surface area contributed by atoms with Gasteiger partial charge in [0.15, 0.2) is 0 Å². The third-order valence-electron chi connectivity index (χ3n) is 2.94. The molecular weight excluding hydrogens is 192 g/mol. The molecule has 2 unspecified atom stereocenters. The SMILES string of the molecule is CC(CN)CCC(=O)NCC(O)C1CC1. The van der Waals surface area contributed by atoms with Crippen LogP contribution in [0.4, 0.5) is 0 Å². The van der Waals surface area contributed by atoms with Gasteiger partial charge in [0.25, 0.3) is 0 Å². The van der Waals surface area contributed by atoms with Crippen LogP contribution >= 0.6 is 0 Å². The number of aliphatic hydroxyl groups excluding tert-OH is 1. The van der Waals surface area contributed by atoms with Gasteiger partial charge < -0.3 is 16.2 Å². The number of hydrogen-bond donors (Lipinski definition) is 3. The molecule has 4 N–H and O–H groups in total. The van der Waals surface area contributed by atoms with Crippen molar-refractivity contribution in [3.8, 4) is 0 Å². The van der Waals surface area contributed by atoms with E-state index in [1.165, 1.54) is 0 Å². The normalized spacial score (nSPS) is 19.7. The molecule has 0 bridgehead atoms. The molecule has 1 saturated carbocycles. The first kappa shape index (κ1) is 12.5. The molecule has 0 aromatic rings. The van der Waals surface area contributed by atoms with E-state index in [-0.39, 0.29) is 12.0 Å². The predicted molar refractivity (Wildman–Crippen MR) is 59.2 cm³/mol. The Hall–Kier alpha value is -0.610. The highest BCUT2D eigenvalue weighted by Gasteiger charge is 2.29. The van der Waals surface area contributed by atoms with Crippen molar-refractivity contribution >= 4 is 5.91 Å². The average molecular weight is 214 g/mol. The van der Waals surface area contributed by atoms with E-state index in [1.807, 2.05) is 6.92 Å². The third-order valence-corrected chi connectivity index (χ3v) is 2.94. The van der Waals surface area contributed by atoms with Crippen LogP contribution in [-0.4, -0.2) is 30.2 Å². The third kappa shape index (κ3) is 5.14. The van der Waals surface area contributed by atoms with Crippen LogP contribution in [0, 0.1) is 11.8 Å². The fourth-order valence-electron chi connectivity index (χ4n) is 1.45. The smallest absolute Gasteiger partial charge is 0.220 e. The molecule has 0 saturated heterocycles. The second kappa shape index (κ2) is 6.08. The fraction of sp³-hybridized carbons (Fsp3) is 0.909. The largest absolute Gasteiger partial charge is 0.391 e. The van der Waals surface area contributed by atoms with E-state index in [4.69, 9.17) is 5.73 Å². The number of nitrogens with one attached hydrogen (secondary N) is 1. The van der Waals surface area contributed by atoms with Crippen LogP contribution in [0.5, 0.6) is 0 Å². The number of aliphatic hydroxyl groups is 1. The van der Waals surface area contributed by atoms with Crippen molar-refractivity contribution in [2.45, 2.75) is 38.7 Å². The second-order valence-corrected chi connectivity index (χ2v) is 4.59. The lowest BCUT2D eigenvalue weighted by atomic mass is 10.1. The van der Waals surface area contributed by atoms with Crippen molar-refractivity contribution in [2.24, 2.45) is 17.6 Å². The van der Waals surface area contributed by atoms with E-state index >= 15 is 0 Å². The van der Waals surface area contributed by atoms with Crippen molar-refractivity contribution in [1.82, 2.24) is 5.32 Å². The van der Waals surface area contributed by atoms with Gasteiger partial charge in [-0.2, -0.15) is 0 Å². The number of rotatable bonds is 7. The molecule has 1 aliphatic rings. The topological polar surface area (TPSA) is 75.4 Å². The molecule has 1 aliphatic carbocycles. The summed E-state index contributed by atoms with van der Waals surface area (Å²) in [5.74, 6) is 0.840. The van der Waals surface area contributed by atoms with Crippen LogP contribution in [0.15, 0.2) is 0 Å². The second-order valence-electron chi connectivity index (χ2n) is 4.59. The number of hydrogen-bond acceptors (Lipinski definition) is 3. The number of carbonyl (C=O) groups excluding carboxylic acids is 1. The standard InChI is InChI=1S/C11H22N2O2/c1-8(6-12)2-5-11(15)13-7-10(14)9-3-4-9/h8-10,14H,2-7,12H2,1H3,(H,13,15). The molecular formula is C11H22N2O2. The maximum atomic E-state index is 11.3. The highest BCUT2D eigenvalue weighted by atomic mass is 16.3. The van der Waals surface area contributed by atoms with Gasteiger partial charge in [-0.15, -0.1) is 0 Å². The summed E-state index contributed by atoms with van der Waals surface area (Å²) in [6.07, 6.45) is 3.18. The molecule has 4 nitrogen and oxygen atoms in total. The summed E-state index contributed by atoms with van der Waals surface area (Å²) in [4.78, 5) is 11.3. The molecule has 0 heterocycles. The van der Waals surface area contributed by atoms with Crippen LogP contribution in [0.2, 0.25) is 0 Å². The maximum absolute atomic E-state index is 11.3. The summed E-state index contributed by atoms with van der Waals surface area (Å²) in [6.45, 7) is 3.06. The zero-order chi connectivity index (χ0) is 11.3. The minimum atomic E-state index is -0.346. The Bertz CT molecular complexity index is 205. The minimum Gasteiger partial charge on any atom is -0.391 e. The van der Waals surface area contributed by atoms with Crippen LogP contribution in [0.1, 0.15) is 32.6 Å². The lowest BCUT2D eigenvalue weighted by Crippen LogP contribution is -2.33. The van der Waals surface area contributed by atoms with E-state index in [9.17, 15) is 9.90 Å². The molecule has 0 radical (unpaired) electrons. The van der Waals surface area contributed by atoms with Gasteiger partial charge in [-0.25, -0.2) is 0 Å². The number of nitrogens with two attached hydrogens (primary N) is 1. The first-order valence-electron chi connectivity index (χ1n) is 5.78. The summed E-state index contributed by atoms with van der Waals surface area (Å²) in [6, 6.07) is 0. The summed E-state index contributed by atoms with van der Waals surface area (Å²) >= 11 is 0. The Morgan fingerprint density at radius 3 is 2.80 bits per heavy atom. The minimum absolute atomic E-state index is 0.0231. The van der Waals surface area contributed by atoms with Gasteiger partial charge in [0.2, 0.25) is 5.91 Å². The Balaban J connectivity index is 2.02. The van der Waals surface area contributed by atoms with Gasteiger partial charge in [-0.05, 0) is 37.6 Å². The van der Waals surface area contributed by atoms with Crippen molar-refractivity contribution in [1.29, 1.82) is 0 Å². The monoisotopic (exact) mass is 214 g/mol. The van der Waals surface area contributed by atoms with Crippen LogP contribution in [0.3, 0.4) is 0 Å². The van der Waals surface area contributed by atoms with Crippen molar-refractivity contribution in [3.05, 3.63) is 0 Å². The molecule has 0 spiro atoms. The lowest BCUT2D eigenvalue weighted by molar-refractivity contribution is -0.121. The van der Waals surface area contributed by atoms with Crippen LogP contribution in [-0.2, 0) is 4.79 Å². The Morgan fingerprint density at radius 2 is 2.27 bits per heavy atom. The van der Waals surface area contributed by atoms with Gasteiger partial charge in [0.1, 0.15) is 0 Å². The van der Waals surface area contributed by atoms with Gasteiger partial charge in [0.05, 0.1) is 6.10 Å². The van der Waals surface area contributed by atoms with Crippen LogP contribution < -0.4 is 11.1 Å². The van der Waals surface area contributed by atoms with Crippen molar-refractivity contribution < 1.29 is 9.90 Å². The van der Waals surface area contributed by atoms with Gasteiger partial charge in [-0.1, -0.05) is 6.92 Å². The average Bonchev–Trinajstić information content (AvgIpc) is 3.05. The predicted octanol–water partition coefficient (Wildman–Crippen LogP) is 0.249. The van der Waals surface area contributed by atoms with E-state index in [0.29, 0.717) is 31.3 Å². The zero-order valence-corrected chi connectivity index (χ0v) is 9.41. The summed E-state index contributed by atoms with van der Waals surface area (Å²) < 4.78 is 0. The molecule has 1 amide bonds. The van der Waals surface area contributed by atoms with Gasteiger partial charge in [0, 0.05) is 13.0 Å². The molecule has 0 aromatic carbocycles. The van der Waals surface area contributed by atoms with E-state index < -0.39 is 0 Å². The highest BCUT2D eigenvalue weighted by molar-refractivity contribution is 5.75. The van der Waals surface area contributed by atoms with Crippen molar-refractivity contribution in [3.63, 3.8) is 0 Å². The molecule has 0 aromatic heterocycles. The molecule has 1 rings (SSSR count). The first-order valence-corrected chi connectivity index (χ1v) is 5.78. The molecule has 88 valence electrons. The number of carbonyl (C=O) groups is 1. The van der Waals surface area contributed by atoms with E-state index in [0.717, 1.165) is 19.3 Å². The lowest BCUT2D eigenvalue weighted by Gasteiger charge is -2.11. The molecule has 4 heteroatoms. The van der Waals surface area contributed by atoms with E-state index in [1.54, 1.807) is 0 Å². The quantitative estimate of drug-likeness (QED) is 0.568. The molecule has 1 fully saturated rings. The fourth-order valence-corrected chi connectivity index (χ4v) is 1.45. The maximum Gasteiger partial charge on any atom is 0.220 e. The Morgan fingerprint density at radius 1 is 1.60 bits per heavy atom. The highest BCUT2D eigenvalue weighted by Crippen LogP contribution is 2.32. The molecule has 2 atom stereocenters. The summed E-state index contributed by atoms with van der Waals surface area (Å²) in [5, 5.41) is 12.3.